The van der Waals surface area contributed by atoms with Gasteiger partial charge in [0.05, 0.1) is 38.9 Å². The molecule has 3 heterocycles. The Morgan fingerprint density at radius 3 is 2.61 bits per heavy atom. The van der Waals surface area contributed by atoms with E-state index in [1.54, 1.807) is 23.5 Å². The van der Waals surface area contributed by atoms with Crippen LogP contribution in [0.5, 0.6) is 0 Å². The third-order valence-electron chi connectivity index (χ3n) is 4.95. The molecule has 1 aliphatic rings. The van der Waals surface area contributed by atoms with Crippen LogP contribution in [0.3, 0.4) is 0 Å². The standard InChI is InChI=1S/C22H18N4O3S2/c27-26(28)16-6-7-17-19(14-16)30-20(23-17)9-8-18-21(15-4-2-1-3-5-15)24-22(31-18)25-10-12-29-13-11-25/h1-9,14H,10-13H2/b9-8+. The number of hydrogen-bond acceptors (Lipinski definition) is 8. The van der Waals surface area contributed by atoms with Crippen LogP contribution in [0.1, 0.15) is 9.88 Å². The number of hydrogen-bond donors (Lipinski definition) is 0. The maximum atomic E-state index is 11.0. The molecule has 0 amide bonds. The fourth-order valence-corrected chi connectivity index (χ4v) is 5.33. The van der Waals surface area contributed by atoms with E-state index in [4.69, 9.17) is 9.72 Å². The molecule has 9 heteroatoms. The summed E-state index contributed by atoms with van der Waals surface area (Å²) in [5, 5.41) is 12.8. The quantitative estimate of drug-likeness (QED) is 0.302. The molecule has 0 aliphatic carbocycles. The second kappa shape index (κ2) is 8.54. The van der Waals surface area contributed by atoms with Gasteiger partial charge in [0.1, 0.15) is 5.01 Å². The number of non-ortho nitro benzene ring substituents is 1. The van der Waals surface area contributed by atoms with E-state index >= 15 is 0 Å². The Morgan fingerprint density at radius 1 is 1.03 bits per heavy atom. The molecule has 2 aromatic heterocycles. The van der Waals surface area contributed by atoms with Gasteiger partial charge >= 0.3 is 0 Å². The summed E-state index contributed by atoms with van der Waals surface area (Å²) < 4.78 is 6.27. The first-order valence-corrected chi connectivity index (χ1v) is 11.4. The summed E-state index contributed by atoms with van der Waals surface area (Å²) in [5.74, 6) is 0. The van der Waals surface area contributed by atoms with Gasteiger partial charge < -0.3 is 9.64 Å². The van der Waals surface area contributed by atoms with Crippen molar-refractivity contribution < 1.29 is 9.66 Å². The molecule has 0 saturated carbocycles. The second-order valence-corrected chi connectivity index (χ2v) is 9.04. The molecule has 1 saturated heterocycles. The lowest BCUT2D eigenvalue weighted by atomic mass is 10.1. The van der Waals surface area contributed by atoms with Crippen molar-refractivity contribution in [3.8, 4) is 11.3 Å². The van der Waals surface area contributed by atoms with Crippen LogP contribution in [0.2, 0.25) is 0 Å². The number of nitro benzene ring substituents is 1. The Hall–Kier alpha value is -3.14. The van der Waals surface area contributed by atoms with E-state index in [1.807, 2.05) is 30.4 Å². The van der Waals surface area contributed by atoms with Gasteiger partial charge in [-0.25, -0.2) is 9.97 Å². The van der Waals surface area contributed by atoms with Crippen molar-refractivity contribution in [2.24, 2.45) is 0 Å². The molecular formula is C22H18N4O3S2. The first kappa shape index (κ1) is 19.8. The van der Waals surface area contributed by atoms with Crippen LogP contribution in [0.15, 0.2) is 48.5 Å². The van der Waals surface area contributed by atoms with Crippen molar-refractivity contribution in [1.82, 2.24) is 9.97 Å². The van der Waals surface area contributed by atoms with Crippen LogP contribution in [-0.2, 0) is 4.74 Å². The summed E-state index contributed by atoms with van der Waals surface area (Å²) in [5.41, 5.74) is 2.85. The average Bonchev–Trinajstić information content (AvgIpc) is 3.42. The Balaban J connectivity index is 1.50. The molecule has 31 heavy (non-hydrogen) atoms. The van der Waals surface area contributed by atoms with Crippen molar-refractivity contribution >= 4 is 55.9 Å². The summed E-state index contributed by atoms with van der Waals surface area (Å²) >= 11 is 3.09. The maximum Gasteiger partial charge on any atom is 0.270 e. The minimum absolute atomic E-state index is 0.0793. The second-order valence-electron chi connectivity index (χ2n) is 6.97. The monoisotopic (exact) mass is 450 g/mol. The van der Waals surface area contributed by atoms with Gasteiger partial charge in [-0.2, -0.15) is 0 Å². The molecule has 5 rings (SSSR count). The zero-order valence-corrected chi connectivity index (χ0v) is 18.1. The lowest BCUT2D eigenvalue weighted by Gasteiger charge is -2.26. The fourth-order valence-electron chi connectivity index (χ4n) is 3.39. The summed E-state index contributed by atoms with van der Waals surface area (Å²) in [6.07, 6.45) is 4.00. The Morgan fingerprint density at radius 2 is 1.84 bits per heavy atom. The molecule has 1 aliphatic heterocycles. The number of ether oxygens (including phenoxy) is 1. The number of benzene rings is 2. The van der Waals surface area contributed by atoms with Crippen molar-refractivity contribution in [1.29, 1.82) is 0 Å². The van der Waals surface area contributed by atoms with Crippen molar-refractivity contribution in [2.75, 3.05) is 31.2 Å². The van der Waals surface area contributed by atoms with Crippen molar-refractivity contribution in [3.05, 3.63) is 68.5 Å². The van der Waals surface area contributed by atoms with Crippen LogP contribution >= 0.6 is 22.7 Å². The highest BCUT2D eigenvalue weighted by Gasteiger charge is 2.18. The molecule has 0 radical (unpaired) electrons. The highest BCUT2D eigenvalue weighted by Crippen LogP contribution is 2.35. The smallest absolute Gasteiger partial charge is 0.270 e. The van der Waals surface area contributed by atoms with Crippen LogP contribution in [0.25, 0.3) is 33.6 Å². The van der Waals surface area contributed by atoms with E-state index in [2.05, 4.69) is 22.0 Å². The molecule has 7 nitrogen and oxygen atoms in total. The molecular weight excluding hydrogens is 432 g/mol. The number of morpholine rings is 1. The normalized spacial score (nSPS) is 14.5. The number of nitro groups is 1. The van der Waals surface area contributed by atoms with Gasteiger partial charge in [-0.1, -0.05) is 41.7 Å². The lowest BCUT2D eigenvalue weighted by Crippen LogP contribution is -2.36. The largest absolute Gasteiger partial charge is 0.378 e. The van der Waals surface area contributed by atoms with Gasteiger partial charge in [0, 0.05) is 30.8 Å². The number of fused-ring (bicyclic) bond motifs is 1. The zero-order chi connectivity index (χ0) is 21.2. The molecule has 0 unspecified atom stereocenters. The highest BCUT2D eigenvalue weighted by atomic mass is 32.1. The Bertz CT molecular complexity index is 1260. The predicted octanol–water partition coefficient (Wildman–Crippen LogP) is 5.34. The minimum atomic E-state index is -0.384. The highest BCUT2D eigenvalue weighted by molar-refractivity contribution is 7.19. The Kier molecular flexibility index (Phi) is 5.46. The molecule has 1 fully saturated rings. The van der Waals surface area contributed by atoms with Gasteiger partial charge in [0.25, 0.3) is 5.69 Å². The summed E-state index contributed by atoms with van der Waals surface area (Å²) in [7, 11) is 0. The van der Waals surface area contributed by atoms with E-state index in [-0.39, 0.29) is 10.6 Å². The summed E-state index contributed by atoms with van der Waals surface area (Å²) in [4.78, 5) is 23.5. The molecule has 2 aromatic carbocycles. The maximum absolute atomic E-state index is 11.0. The summed E-state index contributed by atoms with van der Waals surface area (Å²) in [6, 6.07) is 14.9. The van der Waals surface area contributed by atoms with Crippen molar-refractivity contribution in [3.63, 3.8) is 0 Å². The Labute approximate surface area is 186 Å². The number of aromatic nitrogens is 2. The lowest BCUT2D eigenvalue weighted by molar-refractivity contribution is -0.384. The van der Waals surface area contributed by atoms with Gasteiger partial charge in [-0.15, -0.1) is 11.3 Å². The van der Waals surface area contributed by atoms with Crippen LogP contribution < -0.4 is 4.90 Å². The van der Waals surface area contributed by atoms with Gasteiger partial charge in [0.2, 0.25) is 0 Å². The molecule has 0 atom stereocenters. The molecule has 0 spiro atoms. The first-order chi connectivity index (χ1) is 15.2. The van der Waals surface area contributed by atoms with Gasteiger partial charge in [-0.3, -0.25) is 10.1 Å². The van der Waals surface area contributed by atoms with E-state index in [0.29, 0.717) is 13.2 Å². The van der Waals surface area contributed by atoms with Crippen LogP contribution in [-0.4, -0.2) is 41.2 Å². The third kappa shape index (κ3) is 4.20. The van der Waals surface area contributed by atoms with Crippen LogP contribution in [0.4, 0.5) is 10.8 Å². The molecule has 0 N–H and O–H groups in total. The minimum Gasteiger partial charge on any atom is -0.378 e. The number of rotatable bonds is 5. The molecule has 4 aromatic rings. The first-order valence-electron chi connectivity index (χ1n) is 9.79. The SMILES string of the molecule is O=[N+]([O-])c1ccc2nc(/C=C/c3sc(N4CCOCC4)nc3-c3ccccc3)sc2c1. The topological polar surface area (TPSA) is 81.4 Å². The number of thiazole rings is 2. The number of anilines is 1. The number of nitrogens with zero attached hydrogens (tertiary/aromatic N) is 4. The predicted molar refractivity (Wildman–Crippen MR) is 126 cm³/mol. The van der Waals surface area contributed by atoms with E-state index in [9.17, 15) is 10.1 Å². The van der Waals surface area contributed by atoms with Crippen molar-refractivity contribution in [2.45, 2.75) is 0 Å². The molecule has 156 valence electrons. The van der Waals surface area contributed by atoms with E-state index in [0.717, 1.165) is 49.6 Å². The summed E-state index contributed by atoms with van der Waals surface area (Å²) in [6.45, 7) is 3.09. The van der Waals surface area contributed by atoms with E-state index < -0.39 is 0 Å². The van der Waals surface area contributed by atoms with Gasteiger partial charge in [0.15, 0.2) is 5.13 Å². The van der Waals surface area contributed by atoms with Crippen LogP contribution in [0, 0.1) is 10.1 Å². The van der Waals surface area contributed by atoms with E-state index in [1.165, 1.54) is 17.4 Å². The average molecular weight is 451 g/mol. The molecule has 0 bridgehead atoms. The van der Waals surface area contributed by atoms with Gasteiger partial charge in [-0.05, 0) is 18.2 Å². The third-order valence-corrected chi connectivity index (χ3v) is 7.01. The zero-order valence-electron chi connectivity index (χ0n) is 16.4. The fraction of sp³-hybridized carbons (Fsp3) is 0.182.